The predicted molar refractivity (Wildman–Crippen MR) is 114 cm³/mol. The summed E-state index contributed by atoms with van der Waals surface area (Å²) in [6, 6.07) is 11.0. The molecular formula is C17H15Br2N5O2S. The quantitative estimate of drug-likeness (QED) is 0.250. The number of phenols is 1. The van der Waals surface area contributed by atoms with Crippen molar-refractivity contribution in [3.05, 3.63) is 55.7 Å². The van der Waals surface area contributed by atoms with Crippen molar-refractivity contribution in [2.45, 2.75) is 6.92 Å². The lowest BCUT2D eigenvalue weighted by Crippen LogP contribution is -2.10. The minimum absolute atomic E-state index is 0.0891. The second-order valence-corrected chi connectivity index (χ2v) is 7.49. The number of halogens is 2. The Kier molecular flexibility index (Phi) is 6.30. The molecule has 140 valence electrons. The molecule has 0 amide bonds. The van der Waals surface area contributed by atoms with Gasteiger partial charge >= 0.3 is 0 Å². The minimum atomic E-state index is 0.0891. The van der Waals surface area contributed by atoms with E-state index in [1.807, 2.05) is 31.2 Å². The zero-order chi connectivity index (χ0) is 19.4. The van der Waals surface area contributed by atoms with Crippen LogP contribution in [0.3, 0.4) is 0 Å². The van der Waals surface area contributed by atoms with Crippen molar-refractivity contribution in [3.8, 4) is 22.9 Å². The molecule has 3 aromatic rings. The van der Waals surface area contributed by atoms with E-state index in [1.54, 1.807) is 12.1 Å². The number of H-pyrrole nitrogens is 1. The minimum Gasteiger partial charge on any atom is -0.506 e. The van der Waals surface area contributed by atoms with Crippen LogP contribution in [-0.4, -0.2) is 32.8 Å². The van der Waals surface area contributed by atoms with Crippen LogP contribution in [0, 0.1) is 4.77 Å². The molecule has 0 aliphatic heterocycles. The van der Waals surface area contributed by atoms with Crippen LogP contribution in [0.2, 0.25) is 0 Å². The molecule has 1 aromatic heterocycles. The normalized spacial score (nSPS) is 11.1. The molecule has 0 spiro atoms. The number of hydrogen-bond acceptors (Lipinski definition) is 6. The third kappa shape index (κ3) is 4.57. The largest absolute Gasteiger partial charge is 0.506 e. The first-order chi connectivity index (χ1) is 13.0. The second-order valence-electron chi connectivity index (χ2n) is 5.33. The average Bonchev–Trinajstić information content (AvgIpc) is 3.01. The third-order valence-electron chi connectivity index (χ3n) is 3.51. The van der Waals surface area contributed by atoms with Gasteiger partial charge in [0, 0.05) is 15.6 Å². The van der Waals surface area contributed by atoms with Gasteiger partial charge < -0.3 is 9.84 Å². The van der Waals surface area contributed by atoms with Gasteiger partial charge in [-0.25, -0.2) is 10.6 Å². The van der Waals surface area contributed by atoms with Crippen molar-refractivity contribution in [3.63, 3.8) is 0 Å². The monoisotopic (exact) mass is 511 g/mol. The first-order valence-corrected chi connectivity index (χ1v) is 9.86. The van der Waals surface area contributed by atoms with Crippen LogP contribution >= 0.6 is 44.1 Å². The summed E-state index contributed by atoms with van der Waals surface area (Å²) in [4.78, 5) is 0. The number of ether oxygens (including phenoxy) is 1. The molecule has 0 aliphatic rings. The summed E-state index contributed by atoms with van der Waals surface area (Å²) in [6.45, 7) is 2.54. The number of aromatic nitrogens is 3. The molecule has 0 radical (unpaired) electrons. The maximum atomic E-state index is 10.1. The Morgan fingerprint density at radius 3 is 2.78 bits per heavy atom. The van der Waals surface area contributed by atoms with Crippen molar-refractivity contribution in [1.82, 2.24) is 14.9 Å². The van der Waals surface area contributed by atoms with Gasteiger partial charge in [-0.15, -0.1) is 0 Å². The first kappa shape index (κ1) is 19.6. The lowest BCUT2D eigenvalue weighted by Gasteiger charge is -2.07. The van der Waals surface area contributed by atoms with Crippen LogP contribution in [-0.2, 0) is 0 Å². The zero-order valence-electron chi connectivity index (χ0n) is 14.1. The van der Waals surface area contributed by atoms with E-state index in [0.29, 0.717) is 27.2 Å². The van der Waals surface area contributed by atoms with Crippen molar-refractivity contribution >= 4 is 50.3 Å². The summed E-state index contributed by atoms with van der Waals surface area (Å²) < 4.78 is 8.71. The SMILES string of the molecule is CCOc1ccc(-c2n[nH]c(=S)n2N/N=C\c2cc(Br)cc(Br)c2O)cc1. The molecule has 0 saturated carbocycles. The highest BCUT2D eigenvalue weighted by atomic mass is 79.9. The van der Waals surface area contributed by atoms with E-state index < -0.39 is 0 Å². The van der Waals surface area contributed by atoms with Crippen molar-refractivity contribution in [1.29, 1.82) is 0 Å². The summed E-state index contributed by atoms with van der Waals surface area (Å²) in [5.41, 5.74) is 4.19. The fourth-order valence-electron chi connectivity index (χ4n) is 2.29. The summed E-state index contributed by atoms with van der Waals surface area (Å²) in [7, 11) is 0. The number of phenolic OH excluding ortho intramolecular Hbond substituents is 1. The van der Waals surface area contributed by atoms with Crippen LogP contribution in [0.25, 0.3) is 11.4 Å². The molecule has 3 N–H and O–H groups in total. The van der Waals surface area contributed by atoms with Gasteiger partial charge in [0.25, 0.3) is 0 Å². The number of hydrogen-bond donors (Lipinski definition) is 3. The zero-order valence-corrected chi connectivity index (χ0v) is 18.1. The van der Waals surface area contributed by atoms with Crippen molar-refractivity contribution < 1.29 is 9.84 Å². The number of hydrazone groups is 1. The molecule has 1 heterocycles. The lowest BCUT2D eigenvalue weighted by molar-refractivity contribution is 0.340. The molecule has 0 saturated heterocycles. The molecule has 0 aliphatic carbocycles. The van der Waals surface area contributed by atoms with E-state index in [2.05, 4.69) is 52.7 Å². The fraction of sp³-hybridized carbons (Fsp3) is 0.118. The summed E-state index contributed by atoms with van der Waals surface area (Å²) >= 11 is 11.9. The lowest BCUT2D eigenvalue weighted by atomic mass is 10.2. The van der Waals surface area contributed by atoms with Crippen LogP contribution in [0.15, 0.2) is 50.4 Å². The Bertz CT molecular complexity index is 1030. The Balaban J connectivity index is 1.84. The van der Waals surface area contributed by atoms with E-state index in [0.717, 1.165) is 15.8 Å². The maximum absolute atomic E-state index is 10.1. The number of rotatable bonds is 6. The second kappa shape index (κ2) is 8.68. The molecule has 7 nitrogen and oxygen atoms in total. The third-order valence-corrected chi connectivity index (χ3v) is 4.85. The molecule has 10 heteroatoms. The highest BCUT2D eigenvalue weighted by molar-refractivity contribution is 9.11. The summed E-state index contributed by atoms with van der Waals surface area (Å²) in [5.74, 6) is 1.44. The van der Waals surface area contributed by atoms with Crippen molar-refractivity contribution in [2.24, 2.45) is 5.10 Å². The van der Waals surface area contributed by atoms with Gasteiger partial charge in [-0.05, 0) is 71.5 Å². The highest BCUT2D eigenvalue weighted by Crippen LogP contribution is 2.30. The summed E-state index contributed by atoms with van der Waals surface area (Å²) in [6.07, 6.45) is 1.49. The maximum Gasteiger partial charge on any atom is 0.216 e. The molecule has 27 heavy (non-hydrogen) atoms. The molecule has 0 fully saturated rings. The van der Waals surface area contributed by atoms with Crippen LogP contribution < -0.4 is 10.3 Å². The van der Waals surface area contributed by atoms with E-state index in [9.17, 15) is 5.11 Å². The number of nitrogens with one attached hydrogen (secondary N) is 2. The van der Waals surface area contributed by atoms with E-state index in [-0.39, 0.29) is 5.75 Å². The van der Waals surface area contributed by atoms with Gasteiger partial charge in [0.15, 0.2) is 5.82 Å². The number of benzene rings is 2. The van der Waals surface area contributed by atoms with Gasteiger partial charge in [-0.2, -0.15) is 14.9 Å². The number of aromatic hydroxyl groups is 1. The van der Waals surface area contributed by atoms with Crippen LogP contribution in [0.1, 0.15) is 12.5 Å². The predicted octanol–water partition coefficient (Wildman–Crippen LogP) is 4.81. The topological polar surface area (TPSA) is 87.5 Å². The molecular weight excluding hydrogens is 498 g/mol. The van der Waals surface area contributed by atoms with E-state index in [4.69, 9.17) is 17.0 Å². The molecule has 0 bridgehead atoms. The standard InChI is InChI=1S/C17H15Br2N5O2S/c1-2-26-13-5-3-10(4-6-13)16-21-22-17(27)24(16)23-20-9-11-7-12(18)8-14(19)15(11)25/h3-9,23,25H,2H2,1H3,(H,22,27)/b20-9-. The number of nitrogens with zero attached hydrogens (tertiary/aromatic N) is 3. The Labute approximate surface area is 177 Å². The molecule has 0 unspecified atom stereocenters. The Morgan fingerprint density at radius 2 is 2.07 bits per heavy atom. The summed E-state index contributed by atoms with van der Waals surface area (Å²) in [5, 5.41) is 21.2. The Hall–Kier alpha value is -2.17. The number of aromatic amines is 1. The first-order valence-electron chi connectivity index (χ1n) is 7.87. The Morgan fingerprint density at radius 1 is 1.33 bits per heavy atom. The van der Waals surface area contributed by atoms with Gasteiger partial charge in [-0.3, -0.25) is 0 Å². The van der Waals surface area contributed by atoms with Gasteiger partial charge in [0.05, 0.1) is 17.3 Å². The van der Waals surface area contributed by atoms with Crippen LogP contribution in [0.4, 0.5) is 0 Å². The van der Waals surface area contributed by atoms with Crippen molar-refractivity contribution in [2.75, 3.05) is 12.1 Å². The molecule has 3 rings (SSSR count). The van der Waals surface area contributed by atoms with Gasteiger partial charge in [0.2, 0.25) is 4.77 Å². The molecule has 0 atom stereocenters. The molecule has 2 aromatic carbocycles. The van der Waals surface area contributed by atoms with Crippen LogP contribution in [0.5, 0.6) is 11.5 Å². The van der Waals surface area contributed by atoms with E-state index >= 15 is 0 Å². The van der Waals surface area contributed by atoms with Gasteiger partial charge in [-0.1, -0.05) is 15.9 Å². The fourth-order valence-corrected chi connectivity index (χ4v) is 3.72. The smallest absolute Gasteiger partial charge is 0.216 e. The highest BCUT2D eigenvalue weighted by Gasteiger charge is 2.09. The van der Waals surface area contributed by atoms with Gasteiger partial charge in [0.1, 0.15) is 11.5 Å². The average molecular weight is 513 g/mol. The van der Waals surface area contributed by atoms with E-state index in [1.165, 1.54) is 10.9 Å².